The number of hydrogen-bond donors (Lipinski definition) is 0. The van der Waals surface area contributed by atoms with Crippen LogP contribution in [0.4, 0.5) is 0 Å². The zero-order valence-corrected chi connectivity index (χ0v) is 11.4. The predicted octanol–water partition coefficient (Wildman–Crippen LogP) is 2.23. The molecule has 0 saturated heterocycles. The number of nitrogens with zero attached hydrogens (tertiary/aromatic N) is 1. The molecular weight excluding hydrogens is 242 g/mol. The molecule has 0 aromatic heterocycles. The average Bonchev–Trinajstić information content (AvgIpc) is 2.66. The quantitative estimate of drug-likeness (QED) is 0.764. The van der Waals surface area contributed by atoms with Gasteiger partial charge in [-0.2, -0.15) is 0 Å². The van der Waals surface area contributed by atoms with Gasteiger partial charge in [-0.15, -0.1) is 0 Å². The molecule has 1 heterocycles. The Balaban J connectivity index is 1.85. The van der Waals surface area contributed by atoms with Crippen LogP contribution in [0.5, 0.6) is 0 Å². The third kappa shape index (κ3) is 3.34. The van der Waals surface area contributed by atoms with Gasteiger partial charge in [0.15, 0.2) is 0 Å². The standard InChI is InChI=1S/C15H19NO3/c1-11(2)7-8-19-14(17)10-16-9-12-5-3-4-6-13(12)15(16)18/h3-6,11H,7-10H2,1-2H3. The van der Waals surface area contributed by atoms with E-state index in [0.717, 1.165) is 12.0 Å². The second-order valence-corrected chi connectivity index (χ2v) is 5.22. The Kier molecular flexibility index (Phi) is 4.20. The van der Waals surface area contributed by atoms with E-state index in [9.17, 15) is 9.59 Å². The van der Waals surface area contributed by atoms with Crippen LogP contribution in [0.2, 0.25) is 0 Å². The van der Waals surface area contributed by atoms with Crippen LogP contribution >= 0.6 is 0 Å². The van der Waals surface area contributed by atoms with Crippen LogP contribution < -0.4 is 0 Å². The maximum Gasteiger partial charge on any atom is 0.325 e. The van der Waals surface area contributed by atoms with E-state index in [1.54, 1.807) is 6.07 Å². The van der Waals surface area contributed by atoms with Crippen LogP contribution in [0, 0.1) is 5.92 Å². The fraction of sp³-hybridized carbons (Fsp3) is 0.467. The fourth-order valence-corrected chi connectivity index (χ4v) is 2.05. The van der Waals surface area contributed by atoms with Gasteiger partial charge in [0, 0.05) is 12.1 Å². The van der Waals surface area contributed by atoms with Crippen molar-refractivity contribution in [3.8, 4) is 0 Å². The van der Waals surface area contributed by atoms with E-state index in [4.69, 9.17) is 4.74 Å². The summed E-state index contributed by atoms with van der Waals surface area (Å²) in [5.74, 6) is 0.0867. The Hall–Kier alpha value is -1.84. The number of benzene rings is 1. The smallest absolute Gasteiger partial charge is 0.325 e. The number of carbonyl (C=O) groups excluding carboxylic acids is 2. The summed E-state index contributed by atoms with van der Waals surface area (Å²) in [5.41, 5.74) is 1.67. The normalized spacial score (nSPS) is 13.8. The molecule has 19 heavy (non-hydrogen) atoms. The molecule has 1 aliphatic heterocycles. The lowest BCUT2D eigenvalue weighted by atomic mass is 10.1. The van der Waals surface area contributed by atoms with Gasteiger partial charge in [-0.05, 0) is 24.0 Å². The Morgan fingerprint density at radius 2 is 2.11 bits per heavy atom. The minimum Gasteiger partial charge on any atom is -0.464 e. The number of ether oxygens (including phenoxy) is 1. The van der Waals surface area contributed by atoms with Crippen molar-refractivity contribution in [2.45, 2.75) is 26.8 Å². The highest BCUT2D eigenvalue weighted by atomic mass is 16.5. The highest BCUT2D eigenvalue weighted by Crippen LogP contribution is 2.21. The molecule has 0 fully saturated rings. The molecule has 1 amide bonds. The van der Waals surface area contributed by atoms with Crippen molar-refractivity contribution in [2.24, 2.45) is 5.92 Å². The molecule has 102 valence electrons. The number of rotatable bonds is 5. The largest absolute Gasteiger partial charge is 0.464 e. The number of hydrogen-bond acceptors (Lipinski definition) is 3. The van der Waals surface area contributed by atoms with Gasteiger partial charge in [-0.1, -0.05) is 32.0 Å². The highest BCUT2D eigenvalue weighted by molar-refractivity contribution is 5.99. The van der Waals surface area contributed by atoms with Crippen molar-refractivity contribution in [3.63, 3.8) is 0 Å². The highest BCUT2D eigenvalue weighted by Gasteiger charge is 2.28. The van der Waals surface area contributed by atoms with E-state index in [1.165, 1.54) is 4.90 Å². The lowest BCUT2D eigenvalue weighted by Crippen LogP contribution is -2.31. The van der Waals surface area contributed by atoms with Gasteiger partial charge in [-0.3, -0.25) is 9.59 Å². The monoisotopic (exact) mass is 261 g/mol. The van der Waals surface area contributed by atoms with Gasteiger partial charge in [0.2, 0.25) is 0 Å². The lowest BCUT2D eigenvalue weighted by molar-refractivity contribution is -0.144. The second-order valence-electron chi connectivity index (χ2n) is 5.22. The Morgan fingerprint density at radius 3 is 2.79 bits per heavy atom. The Morgan fingerprint density at radius 1 is 1.37 bits per heavy atom. The third-order valence-electron chi connectivity index (χ3n) is 3.17. The molecule has 0 saturated carbocycles. The van der Waals surface area contributed by atoms with Crippen LogP contribution in [-0.2, 0) is 16.1 Å². The van der Waals surface area contributed by atoms with Crippen molar-refractivity contribution in [1.29, 1.82) is 0 Å². The Labute approximate surface area is 113 Å². The van der Waals surface area contributed by atoms with Crippen LogP contribution in [0.1, 0.15) is 36.2 Å². The third-order valence-corrected chi connectivity index (χ3v) is 3.17. The molecule has 0 N–H and O–H groups in total. The average molecular weight is 261 g/mol. The summed E-state index contributed by atoms with van der Waals surface area (Å²) < 4.78 is 5.13. The van der Waals surface area contributed by atoms with Crippen molar-refractivity contribution < 1.29 is 14.3 Å². The molecule has 0 radical (unpaired) electrons. The molecule has 0 spiro atoms. The van der Waals surface area contributed by atoms with Gasteiger partial charge in [0.1, 0.15) is 6.54 Å². The first kappa shape index (κ1) is 13.6. The van der Waals surface area contributed by atoms with Crippen LogP contribution in [0.25, 0.3) is 0 Å². The minimum atomic E-state index is -0.332. The molecule has 1 aliphatic rings. The fourth-order valence-electron chi connectivity index (χ4n) is 2.05. The SMILES string of the molecule is CC(C)CCOC(=O)CN1Cc2ccccc2C1=O. The van der Waals surface area contributed by atoms with E-state index in [1.807, 2.05) is 18.2 Å². The molecular formula is C15H19NO3. The molecule has 0 aliphatic carbocycles. The summed E-state index contributed by atoms with van der Waals surface area (Å²) in [6.07, 6.45) is 0.847. The zero-order valence-electron chi connectivity index (χ0n) is 11.4. The molecule has 2 rings (SSSR count). The van der Waals surface area contributed by atoms with E-state index < -0.39 is 0 Å². The second kappa shape index (κ2) is 5.87. The lowest BCUT2D eigenvalue weighted by Gasteiger charge is -2.14. The van der Waals surface area contributed by atoms with E-state index in [-0.39, 0.29) is 18.4 Å². The zero-order chi connectivity index (χ0) is 13.8. The van der Waals surface area contributed by atoms with E-state index in [2.05, 4.69) is 13.8 Å². The Bertz CT molecular complexity index is 482. The first-order valence-electron chi connectivity index (χ1n) is 6.60. The van der Waals surface area contributed by atoms with Crippen LogP contribution in [0.15, 0.2) is 24.3 Å². The molecule has 0 unspecified atom stereocenters. The molecule has 4 heteroatoms. The van der Waals surface area contributed by atoms with Gasteiger partial charge in [0.05, 0.1) is 6.61 Å². The summed E-state index contributed by atoms with van der Waals surface area (Å²) in [6, 6.07) is 7.44. The van der Waals surface area contributed by atoms with Gasteiger partial charge >= 0.3 is 5.97 Å². The van der Waals surface area contributed by atoms with Gasteiger partial charge in [0.25, 0.3) is 5.91 Å². The molecule has 4 nitrogen and oxygen atoms in total. The summed E-state index contributed by atoms with van der Waals surface area (Å²) in [5, 5.41) is 0. The summed E-state index contributed by atoms with van der Waals surface area (Å²) >= 11 is 0. The summed E-state index contributed by atoms with van der Waals surface area (Å²) in [4.78, 5) is 25.2. The predicted molar refractivity (Wildman–Crippen MR) is 71.6 cm³/mol. The van der Waals surface area contributed by atoms with Gasteiger partial charge < -0.3 is 9.64 Å². The summed E-state index contributed by atoms with van der Waals surface area (Å²) in [6.45, 7) is 5.11. The first-order valence-corrected chi connectivity index (χ1v) is 6.60. The van der Waals surface area contributed by atoms with Crippen molar-refractivity contribution in [3.05, 3.63) is 35.4 Å². The summed E-state index contributed by atoms with van der Waals surface area (Å²) in [7, 11) is 0. The number of carbonyl (C=O) groups is 2. The topological polar surface area (TPSA) is 46.6 Å². The molecule has 1 aromatic carbocycles. The van der Waals surface area contributed by atoms with Crippen LogP contribution in [0.3, 0.4) is 0 Å². The van der Waals surface area contributed by atoms with E-state index >= 15 is 0 Å². The first-order chi connectivity index (χ1) is 9.08. The molecule has 0 bridgehead atoms. The van der Waals surface area contributed by atoms with Crippen molar-refractivity contribution >= 4 is 11.9 Å². The van der Waals surface area contributed by atoms with Crippen molar-refractivity contribution in [1.82, 2.24) is 4.90 Å². The number of amides is 1. The van der Waals surface area contributed by atoms with E-state index in [0.29, 0.717) is 24.6 Å². The maximum absolute atomic E-state index is 12.0. The maximum atomic E-state index is 12.0. The minimum absolute atomic E-state index is 0.0333. The van der Waals surface area contributed by atoms with Gasteiger partial charge in [-0.25, -0.2) is 0 Å². The van der Waals surface area contributed by atoms with Crippen molar-refractivity contribution in [2.75, 3.05) is 13.2 Å². The number of fused-ring (bicyclic) bond motifs is 1. The molecule has 1 aromatic rings. The van der Waals surface area contributed by atoms with Crippen LogP contribution in [-0.4, -0.2) is 29.9 Å². The number of esters is 1. The molecule has 0 atom stereocenters.